The second-order valence-electron chi connectivity index (χ2n) is 3.71. The minimum Gasteiger partial charge on any atom is -0.368 e. The van der Waals surface area contributed by atoms with Crippen molar-refractivity contribution in [3.63, 3.8) is 0 Å². The van der Waals surface area contributed by atoms with Crippen molar-refractivity contribution in [2.45, 2.75) is 19.8 Å². The van der Waals surface area contributed by atoms with Crippen LogP contribution in [-0.4, -0.2) is 14.8 Å². The van der Waals surface area contributed by atoms with Crippen molar-refractivity contribution >= 4 is 5.95 Å². The molecular formula is C12H13N5. The van der Waals surface area contributed by atoms with E-state index in [2.05, 4.69) is 23.1 Å². The molecule has 0 aliphatic heterocycles. The smallest absolute Gasteiger partial charge is 0.223 e. The molecule has 0 fully saturated rings. The lowest BCUT2D eigenvalue weighted by Gasteiger charge is -2.01. The van der Waals surface area contributed by atoms with E-state index in [-0.39, 0.29) is 0 Å². The molecule has 0 saturated heterocycles. The van der Waals surface area contributed by atoms with Crippen LogP contribution in [0.4, 0.5) is 5.95 Å². The number of aryl methyl sites for hydroxylation is 1. The highest BCUT2D eigenvalue weighted by Gasteiger charge is 2.07. The van der Waals surface area contributed by atoms with Crippen molar-refractivity contribution in [3.8, 4) is 11.8 Å². The second-order valence-corrected chi connectivity index (χ2v) is 3.71. The van der Waals surface area contributed by atoms with Gasteiger partial charge in [0.1, 0.15) is 0 Å². The minimum atomic E-state index is 0.373. The predicted octanol–water partition coefficient (Wildman–Crippen LogP) is 1.67. The van der Waals surface area contributed by atoms with E-state index >= 15 is 0 Å². The van der Waals surface area contributed by atoms with Crippen LogP contribution in [0.2, 0.25) is 0 Å². The van der Waals surface area contributed by atoms with E-state index in [0.717, 1.165) is 24.4 Å². The Morgan fingerprint density at radius 3 is 2.65 bits per heavy atom. The summed E-state index contributed by atoms with van der Waals surface area (Å²) in [5.41, 5.74) is 7.23. The van der Waals surface area contributed by atoms with Gasteiger partial charge in [-0.2, -0.15) is 14.9 Å². The lowest BCUT2D eigenvalue weighted by molar-refractivity contribution is 0.801. The number of hydrogen-bond acceptors (Lipinski definition) is 4. The summed E-state index contributed by atoms with van der Waals surface area (Å²) in [6, 6.07) is 9.14. The van der Waals surface area contributed by atoms with E-state index in [9.17, 15) is 0 Å². The Morgan fingerprint density at radius 2 is 2.06 bits per heavy atom. The molecular weight excluding hydrogens is 214 g/mol. The standard InChI is InChI=1S/C12H13N5/c1-2-3-11-15-12(14)17(16-11)10-6-4-9(8-13)5-7-10/h4-7H,2-3H2,1H3,(H2,14,15,16). The van der Waals surface area contributed by atoms with Crippen LogP contribution >= 0.6 is 0 Å². The Bertz CT molecular complexity index is 547. The second kappa shape index (κ2) is 4.66. The summed E-state index contributed by atoms with van der Waals surface area (Å²) in [5.74, 6) is 1.12. The van der Waals surface area contributed by atoms with Crippen LogP contribution in [0.1, 0.15) is 24.7 Å². The number of anilines is 1. The molecule has 1 aromatic carbocycles. The van der Waals surface area contributed by atoms with Gasteiger partial charge in [-0.05, 0) is 30.7 Å². The summed E-state index contributed by atoms with van der Waals surface area (Å²) >= 11 is 0. The largest absolute Gasteiger partial charge is 0.368 e. The molecule has 2 N–H and O–H groups in total. The van der Waals surface area contributed by atoms with Crippen molar-refractivity contribution in [1.29, 1.82) is 5.26 Å². The third kappa shape index (κ3) is 2.26. The highest BCUT2D eigenvalue weighted by molar-refractivity contribution is 5.42. The summed E-state index contributed by atoms with van der Waals surface area (Å²) in [6.07, 6.45) is 1.80. The number of benzene rings is 1. The van der Waals surface area contributed by atoms with Crippen molar-refractivity contribution in [1.82, 2.24) is 14.8 Å². The fourth-order valence-corrected chi connectivity index (χ4v) is 1.57. The van der Waals surface area contributed by atoms with Gasteiger partial charge >= 0.3 is 0 Å². The van der Waals surface area contributed by atoms with Gasteiger partial charge in [-0.25, -0.2) is 0 Å². The Hall–Kier alpha value is -2.35. The molecule has 0 aliphatic carbocycles. The zero-order valence-corrected chi connectivity index (χ0v) is 9.59. The number of aromatic nitrogens is 3. The Morgan fingerprint density at radius 1 is 1.35 bits per heavy atom. The highest BCUT2D eigenvalue weighted by Crippen LogP contribution is 2.13. The molecule has 5 heteroatoms. The van der Waals surface area contributed by atoms with Crippen LogP contribution in [0, 0.1) is 11.3 Å². The third-order valence-electron chi connectivity index (χ3n) is 2.39. The molecule has 0 saturated carbocycles. The van der Waals surface area contributed by atoms with E-state index in [1.807, 2.05) is 0 Å². The zero-order chi connectivity index (χ0) is 12.3. The van der Waals surface area contributed by atoms with Crippen LogP contribution < -0.4 is 5.73 Å². The van der Waals surface area contributed by atoms with Crippen LogP contribution in [0.25, 0.3) is 5.69 Å². The summed E-state index contributed by atoms with van der Waals surface area (Å²) in [4.78, 5) is 4.18. The lowest BCUT2D eigenvalue weighted by Crippen LogP contribution is -2.02. The van der Waals surface area contributed by atoms with E-state index in [0.29, 0.717) is 11.5 Å². The summed E-state index contributed by atoms with van der Waals surface area (Å²) in [5, 5.41) is 13.0. The lowest BCUT2D eigenvalue weighted by atomic mass is 10.2. The van der Waals surface area contributed by atoms with Gasteiger partial charge in [0.2, 0.25) is 5.95 Å². The first-order chi connectivity index (χ1) is 8.24. The van der Waals surface area contributed by atoms with Gasteiger partial charge in [-0.15, -0.1) is 5.10 Å². The molecule has 86 valence electrons. The van der Waals surface area contributed by atoms with E-state index in [4.69, 9.17) is 11.0 Å². The third-order valence-corrected chi connectivity index (χ3v) is 2.39. The topological polar surface area (TPSA) is 80.5 Å². The zero-order valence-electron chi connectivity index (χ0n) is 9.59. The molecule has 1 aromatic heterocycles. The first kappa shape index (κ1) is 11.1. The van der Waals surface area contributed by atoms with E-state index in [1.54, 1.807) is 28.9 Å². The van der Waals surface area contributed by atoms with Crippen LogP contribution in [0.5, 0.6) is 0 Å². The molecule has 5 nitrogen and oxygen atoms in total. The minimum absolute atomic E-state index is 0.373. The van der Waals surface area contributed by atoms with Crippen LogP contribution in [0.3, 0.4) is 0 Å². The van der Waals surface area contributed by atoms with Gasteiger partial charge in [0, 0.05) is 6.42 Å². The summed E-state index contributed by atoms with van der Waals surface area (Å²) < 4.78 is 1.59. The van der Waals surface area contributed by atoms with E-state index in [1.165, 1.54) is 0 Å². The van der Waals surface area contributed by atoms with Gasteiger partial charge in [0.15, 0.2) is 5.82 Å². The maximum absolute atomic E-state index is 8.72. The Labute approximate surface area is 99.5 Å². The van der Waals surface area contributed by atoms with Crippen LogP contribution in [0.15, 0.2) is 24.3 Å². The monoisotopic (exact) mass is 227 g/mol. The number of nitriles is 1. The number of nitrogens with zero attached hydrogens (tertiary/aromatic N) is 4. The van der Waals surface area contributed by atoms with Gasteiger partial charge in [0.25, 0.3) is 0 Å². The van der Waals surface area contributed by atoms with E-state index < -0.39 is 0 Å². The van der Waals surface area contributed by atoms with Crippen molar-refractivity contribution in [3.05, 3.63) is 35.7 Å². The first-order valence-electron chi connectivity index (χ1n) is 5.46. The molecule has 0 spiro atoms. The SMILES string of the molecule is CCCc1nc(N)n(-c2ccc(C#N)cc2)n1. The molecule has 0 atom stereocenters. The Kier molecular flexibility index (Phi) is 3.06. The number of nitrogens with two attached hydrogens (primary N) is 1. The summed E-state index contributed by atoms with van der Waals surface area (Å²) in [6.45, 7) is 2.07. The molecule has 0 unspecified atom stereocenters. The molecule has 0 amide bonds. The summed E-state index contributed by atoms with van der Waals surface area (Å²) in [7, 11) is 0. The van der Waals surface area contributed by atoms with Crippen molar-refractivity contribution in [2.24, 2.45) is 0 Å². The Balaban J connectivity index is 2.35. The average molecular weight is 227 g/mol. The molecule has 2 aromatic rings. The van der Waals surface area contributed by atoms with Crippen molar-refractivity contribution in [2.75, 3.05) is 5.73 Å². The fourth-order valence-electron chi connectivity index (χ4n) is 1.57. The number of nitrogen functional groups attached to an aromatic ring is 1. The van der Waals surface area contributed by atoms with Gasteiger partial charge in [0.05, 0.1) is 17.3 Å². The maximum atomic E-state index is 8.72. The number of hydrogen-bond donors (Lipinski definition) is 1. The molecule has 2 rings (SSSR count). The quantitative estimate of drug-likeness (QED) is 0.864. The molecule has 0 aliphatic rings. The van der Waals surface area contributed by atoms with Crippen LogP contribution in [-0.2, 0) is 6.42 Å². The maximum Gasteiger partial charge on any atom is 0.223 e. The van der Waals surface area contributed by atoms with Gasteiger partial charge in [-0.1, -0.05) is 6.92 Å². The molecule has 0 bridgehead atoms. The molecule has 0 radical (unpaired) electrons. The predicted molar refractivity (Wildman–Crippen MR) is 64.5 cm³/mol. The fraction of sp³-hybridized carbons (Fsp3) is 0.250. The first-order valence-corrected chi connectivity index (χ1v) is 5.46. The highest BCUT2D eigenvalue weighted by atomic mass is 15.4. The van der Waals surface area contributed by atoms with Gasteiger partial charge < -0.3 is 5.73 Å². The molecule has 17 heavy (non-hydrogen) atoms. The van der Waals surface area contributed by atoms with Gasteiger partial charge in [-0.3, -0.25) is 0 Å². The molecule has 1 heterocycles. The van der Waals surface area contributed by atoms with Crippen molar-refractivity contribution < 1.29 is 0 Å². The average Bonchev–Trinajstić information content (AvgIpc) is 2.71. The number of rotatable bonds is 3. The normalized spacial score (nSPS) is 10.1.